The maximum atomic E-state index is 13.4. The molecule has 4 rings (SSSR count). The minimum absolute atomic E-state index is 0.0655. The van der Waals surface area contributed by atoms with Crippen molar-refractivity contribution < 1.29 is 19.1 Å². The number of ether oxygens (including phenoxy) is 1. The predicted octanol–water partition coefficient (Wildman–Crippen LogP) is 4.99. The minimum Gasteiger partial charge on any atom is -0.465 e. The van der Waals surface area contributed by atoms with E-state index in [4.69, 9.17) is 4.74 Å². The Bertz CT molecular complexity index is 1240. The van der Waals surface area contributed by atoms with Crippen LogP contribution in [0.25, 0.3) is 0 Å². The number of esters is 1. The summed E-state index contributed by atoms with van der Waals surface area (Å²) in [6.07, 6.45) is 2.86. The quantitative estimate of drug-likeness (QED) is 0.428. The fraction of sp³-hybridized carbons (Fsp3) is 0.300. The molecule has 2 atom stereocenters. The maximum Gasteiger partial charge on any atom is 0.337 e. The molecule has 0 bridgehead atoms. The highest BCUT2D eigenvalue weighted by Gasteiger charge is 2.35. The second-order valence-electron chi connectivity index (χ2n) is 9.19. The number of aryl methyl sites for hydroxylation is 1. The molecule has 0 fully saturated rings. The summed E-state index contributed by atoms with van der Waals surface area (Å²) in [6, 6.07) is 24.6. The van der Waals surface area contributed by atoms with Crippen molar-refractivity contribution >= 4 is 23.6 Å². The molecule has 0 spiro atoms. The second kappa shape index (κ2) is 12.2. The number of hydrogen-bond donors (Lipinski definition) is 2. The highest BCUT2D eigenvalue weighted by molar-refractivity contribution is 5.95. The minimum atomic E-state index is -0.517. The highest BCUT2D eigenvalue weighted by Crippen LogP contribution is 2.40. The largest absolute Gasteiger partial charge is 0.465 e. The van der Waals surface area contributed by atoms with Gasteiger partial charge in [-0.15, -0.1) is 0 Å². The molecule has 0 heterocycles. The van der Waals surface area contributed by atoms with Crippen molar-refractivity contribution in [2.75, 3.05) is 25.5 Å². The summed E-state index contributed by atoms with van der Waals surface area (Å²) >= 11 is 0. The van der Waals surface area contributed by atoms with Gasteiger partial charge < -0.3 is 20.3 Å². The lowest BCUT2D eigenvalue weighted by Crippen LogP contribution is -2.46. The molecule has 0 saturated heterocycles. The number of benzene rings is 3. The van der Waals surface area contributed by atoms with Crippen LogP contribution < -0.4 is 10.6 Å². The van der Waals surface area contributed by atoms with Gasteiger partial charge in [0.15, 0.2) is 0 Å². The van der Waals surface area contributed by atoms with E-state index in [-0.39, 0.29) is 24.4 Å². The van der Waals surface area contributed by atoms with Gasteiger partial charge in [-0.3, -0.25) is 4.79 Å². The van der Waals surface area contributed by atoms with Crippen molar-refractivity contribution in [2.24, 2.45) is 5.92 Å². The van der Waals surface area contributed by atoms with Gasteiger partial charge in [0.1, 0.15) is 0 Å². The molecule has 0 saturated carbocycles. The van der Waals surface area contributed by atoms with E-state index in [1.165, 1.54) is 29.9 Å². The molecular formula is C30H33N3O4. The lowest BCUT2D eigenvalue weighted by molar-refractivity contribution is -0.133. The number of rotatable bonds is 8. The molecule has 0 unspecified atom stereocenters. The number of anilines is 1. The zero-order valence-corrected chi connectivity index (χ0v) is 21.3. The first kappa shape index (κ1) is 25.9. The van der Waals surface area contributed by atoms with Crippen molar-refractivity contribution in [1.82, 2.24) is 10.2 Å². The van der Waals surface area contributed by atoms with Crippen LogP contribution in [0.4, 0.5) is 10.5 Å². The molecule has 3 aromatic rings. The number of hydrogen-bond acceptors (Lipinski definition) is 4. The van der Waals surface area contributed by atoms with Gasteiger partial charge in [-0.05, 0) is 67.0 Å². The van der Waals surface area contributed by atoms with Crippen molar-refractivity contribution in [3.63, 3.8) is 0 Å². The molecule has 1 aliphatic carbocycles. The van der Waals surface area contributed by atoms with Gasteiger partial charge in [-0.1, -0.05) is 60.7 Å². The number of carbonyl (C=O) groups is 3. The van der Waals surface area contributed by atoms with Crippen molar-refractivity contribution in [1.29, 1.82) is 0 Å². The molecule has 192 valence electrons. The van der Waals surface area contributed by atoms with Gasteiger partial charge in [0, 0.05) is 12.2 Å². The van der Waals surface area contributed by atoms with E-state index >= 15 is 0 Å². The van der Waals surface area contributed by atoms with E-state index in [2.05, 4.69) is 34.9 Å². The molecule has 0 aliphatic heterocycles. The summed E-state index contributed by atoms with van der Waals surface area (Å²) in [5, 5.41) is 5.36. The zero-order valence-electron chi connectivity index (χ0n) is 21.3. The number of urea groups is 1. The smallest absolute Gasteiger partial charge is 0.337 e. The van der Waals surface area contributed by atoms with Crippen LogP contribution in [0.2, 0.25) is 0 Å². The number of nitrogens with one attached hydrogen (secondary N) is 2. The number of fused-ring (bicyclic) bond motifs is 1. The Balaban J connectivity index is 1.46. The van der Waals surface area contributed by atoms with E-state index in [0.29, 0.717) is 17.8 Å². The first-order chi connectivity index (χ1) is 18.0. The van der Waals surface area contributed by atoms with Gasteiger partial charge >= 0.3 is 12.0 Å². The Kier molecular flexibility index (Phi) is 8.56. The fourth-order valence-electron chi connectivity index (χ4n) is 5.16. The van der Waals surface area contributed by atoms with E-state index in [1.807, 2.05) is 42.2 Å². The van der Waals surface area contributed by atoms with Crippen LogP contribution in [-0.4, -0.2) is 43.0 Å². The predicted molar refractivity (Wildman–Crippen MR) is 143 cm³/mol. The Hall–Kier alpha value is -4.13. The Morgan fingerprint density at radius 1 is 0.973 bits per heavy atom. The van der Waals surface area contributed by atoms with Gasteiger partial charge in [0.2, 0.25) is 5.91 Å². The van der Waals surface area contributed by atoms with Crippen LogP contribution in [0.3, 0.4) is 0 Å². The summed E-state index contributed by atoms with van der Waals surface area (Å²) in [5.74, 6) is -0.354. The highest BCUT2D eigenvalue weighted by atomic mass is 16.5. The van der Waals surface area contributed by atoms with Crippen LogP contribution in [0.15, 0.2) is 78.9 Å². The zero-order chi connectivity index (χ0) is 26.2. The second-order valence-corrected chi connectivity index (χ2v) is 9.19. The van der Waals surface area contributed by atoms with Gasteiger partial charge in [-0.25, -0.2) is 9.59 Å². The normalized spacial score (nSPS) is 16.3. The van der Waals surface area contributed by atoms with Gasteiger partial charge in [-0.2, -0.15) is 0 Å². The first-order valence-electron chi connectivity index (χ1n) is 12.6. The number of likely N-dealkylation sites (N-methyl/N-ethyl adjacent to an activating group) is 1. The third kappa shape index (κ3) is 6.36. The van der Waals surface area contributed by atoms with Crippen LogP contribution in [0, 0.1) is 5.92 Å². The van der Waals surface area contributed by atoms with Crippen molar-refractivity contribution in [3.8, 4) is 0 Å². The van der Waals surface area contributed by atoms with E-state index < -0.39 is 12.0 Å². The molecule has 37 heavy (non-hydrogen) atoms. The fourth-order valence-corrected chi connectivity index (χ4v) is 5.16. The monoisotopic (exact) mass is 499 g/mol. The topological polar surface area (TPSA) is 87.7 Å². The SMILES string of the molecule is CCN(C(=O)CNC(=O)Nc1cccc(C(=O)OC)c1)[C@@H]1c2ccccc2CC[C@H]1Cc1ccccc1. The average molecular weight is 500 g/mol. The number of methoxy groups -OCH3 is 1. The van der Waals surface area contributed by atoms with Gasteiger partial charge in [0.05, 0.1) is 25.3 Å². The Labute approximate surface area is 217 Å². The Morgan fingerprint density at radius 3 is 2.49 bits per heavy atom. The molecule has 7 nitrogen and oxygen atoms in total. The summed E-state index contributed by atoms with van der Waals surface area (Å²) in [4.78, 5) is 39.6. The number of amides is 3. The molecule has 3 amide bonds. The first-order valence-corrected chi connectivity index (χ1v) is 12.6. The summed E-state index contributed by atoms with van der Waals surface area (Å²) in [7, 11) is 1.30. The van der Waals surface area contributed by atoms with Crippen molar-refractivity contribution in [3.05, 3.63) is 101 Å². The van der Waals surface area contributed by atoms with Crippen molar-refractivity contribution in [2.45, 2.75) is 32.2 Å². The van der Waals surface area contributed by atoms with Crippen LogP contribution >= 0.6 is 0 Å². The lowest BCUT2D eigenvalue weighted by Gasteiger charge is -2.41. The summed E-state index contributed by atoms with van der Waals surface area (Å²) < 4.78 is 4.73. The molecule has 2 N–H and O–H groups in total. The molecule has 1 aliphatic rings. The molecule has 7 heteroatoms. The Morgan fingerprint density at radius 2 is 1.73 bits per heavy atom. The van der Waals surface area contributed by atoms with E-state index in [1.54, 1.807) is 18.2 Å². The standard InChI is InChI=1S/C30H33N3O4/c1-3-33(27(34)20-31-30(36)32-25-14-9-13-24(19-25)29(35)37-2)28-23(18-21-10-5-4-6-11-21)17-16-22-12-7-8-15-26(22)28/h4-15,19,23,28H,3,16-18,20H2,1-2H3,(H2,31,32,36)/t23-,28-/m0/s1. The van der Waals surface area contributed by atoms with E-state index in [0.717, 1.165) is 19.3 Å². The maximum absolute atomic E-state index is 13.4. The average Bonchev–Trinajstić information content (AvgIpc) is 2.93. The summed E-state index contributed by atoms with van der Waals surface area (Å²) in [6.45, 7) is 2.38. The molecule has 0 aromatic heterocycles. The molecular weight excluding hydrogens is 466 g/mol. The molecule has 0 radical (unpaired) electrons. The lowest BCUT2D eigenvalue weighted by atomic mass is 9.76. The van der Waals surface area contributed by atoms with E-state index in [9.17, 15) is 14.4 Å². The van der Waals surface area contributed by atoms with Crippen LogP contribution in [-0.2, 0) is 22.4 Å². The number of nitrogens with zero attached hydrogens (tertiary/aromatic N) is 1. The van der Waals surface area contributed by atoms with Crippen LogP contribution in [0.1, 0.15) is 46.4 Å². The third-order valence-corrected chi connectivity index (χ3v) is 6.88. The molecule has 3 aromatic carbocycles. The summed E-state index contributed by atoms with van der Waals surface area (Å²) in [5.41, 5.74) is 4.48. The van der Waals surface area contributed by atoms with Crippen LogP contribution in [0.5, 0.6) is 0 Å². The van der Waals surface area contributed by atoms with Gasteiger partial charge in [0.25, 0.3) is 0 Å². The third-order valence-electron chi connectivity index (χ3n) is 6.88. The number of carbonyl (C=O) groups excluding carboxylic acids is 3.